The smallest absolute Gasteiger partial charge is 0.252 e. The van der Waals surface area contributed by atoms with Crippen molar-refractivity contribution in [3.63, 3.8) is 0 Å². The number of carbonyl (C=O) groups excluding carboxylic acids is 1. The van der Waals surface area contributed by atoms with Crippen molar-refractivity contribution in [3.8, 4) is 6.07 Å². The molecule has 0 bridgehead atoms. The largest absolute Gasteiger partial charge is 0.392 e. The summed E-state index contributed by atoms with van der Waals surface area (Å²) in [5.74, 6) is -0.370. The molecule has 0 aromatic heterocycles. The van der Waals surface area contributed by atoms with Crippen LogP contribution in [-0.2, 0) is 10.0 Å². The summed E-state index contributed by atoms with van der Waals surface area (Å²) in [6.07, 6.45) is 3.68. The first kappa shape index (κ1) is 18.8. The van der Waals surface area contributed by atoms with Crippen molar-refractivity contribution < 1.29 is 18.3 Å². The van der Waals surface area contributed by atoms with Crippen molar-refractivity contribution in [3.05, 3.63) is 29.8 Å². The molecule has 8 heteroatoms. The maximum Gasteiger partial charge on any atom is 0.252 e. The van der Waals surface area contributed by atoms with Crippen LogP contribution in [0.1, 0.15) is 48.9 Å². The molecular weight excluding hydrogens is 354 g/mol. The molecule has 0 radical (unpaired) electrons. The fraction of sp³-hybridized carbons (Fsp3) is 0.556. The summed E-state index contributed by atoms with van der Waals surface area (Å²) >= 11 is 0. The van der Waals surface area contributed by atoms with Crippen molar-refractivity contribution >= 4 is 15.9 Å². The monoisotopic (exact) mass is 377 g/mol. The van der Waals surface area contributed by atoms with Crippen LogP contribution in [0.25, 0.3) is 0 Å². The number of sulfonamides is 1. The van der Waals surface area contributed by atoms with E-state index in [9.17, 15) is 23.6 Å². The predicted molar refractivity (Wildman–Crippen MR) is 94.7 cm³/mol. The first-order chi connectivity index (χ1) is 12.4. The average Bonchev–Trinajstić information content (AvgIpc) is 3.11. The Balaban J connectivity index is 1.74. The number of hydrogen-bond acceptors (Lipinski definition) is 5. The van der Waals surface area contributed by atoms with E-state index in [1.807, 2.05) is 0 Å². The molecule has 1 aromatic carbocycles. The van der Waals surface area contributed by atoms with E-state index in [1.165, 1.54) is 28.6 Å². The highest BCUT2D eigenvalue weighted by Crippen LogP contribution is 2.29. The van der Waals surface area contributed by atoms with Gasteiger partial charge in [0.2, 0.25) is 10.0 Å². The van der Waals surface area contributed by atoms with E-state index >= 15 is 0 Å². The number of aliphatic hydroxyl groups is 1. The quantitative estimate of drug-likeness (QED) is 0.824. The van der Waals surface area contributed by atoms with Crippen LogP contribution in [-0.4, -0.2) is 48.5 Å². The van der Waals surface area contributed by atoms with Gasteiger partial charge in [0.05, 0.1) is 17.1 Å². The molecule has 1 heterocycles. The van der Waals surface area contributed by atoms with Crippen molar-refractivity contribution in [1.82, 2.24) is 9.62 Å². The lowest BCUT2D eigenvalue weighted by atomic mass is 9.99. The molecule has 3 rings (SSSR count). The maximum absolute atomic E-state index is 12.7. The fourth-order valence-corrected chi connectivity index (χ4v) is 5.12. The van der Waals surface area contributed by atoms with Crippen LogP contribution in [0.2, 0.25) is 0 Å². The molecule has 1 aliphatic heterocycles. The van der Waals surface area contributed by atoms with E-state index in [-0.39, 0.29) is 17.3 Å². The maximum atomic E-state index is 12.7. The van der Waals surface area contributed by atoms with E-state index in [1.54, 1.807) is 0 Å². The molecule has 7 nitrogen and oxygen atoms in total. The number of amides is 1. The summed E-state index contributed by atoms with van der Waals surface area (Å²) in [6, 6.07) is 7.93. The second kappa shape index (κ2) is 7.35. The second-order valence-corrected chi connectivity index (χ2v) is 8.98. The van der Waals surface area contributed by atoms with E-state index < -0.39 is 21.7 Å². The van der Waals surface area contributed by atoms with Gasteiger partial charge in [-0.15, -0.1) is 0 Å². The van der Waals surface area contributed by atoms with Crippen LogP contribution < -0.4 is 5.32 Å². The normalized spacial score (nSPS) is 23.3. The standard InChI is InChI=1S/C18H23N3O4S/c19-13-18(9-1-2-10-18)20-17(23)14-5-7-16(8-6-14)26(24,25)21-11-3-4-15(22)12-21/h5-8,15,22H,1-4,9-12H2,(H,20,23)/t15-/m0/s1. The number of rotatable bonds is 4. The van der Waals surface area contributed by atoms with E-state index in [4.69, 9.17) is 0 Å². The number of nitrogens with one attached hydrogen (secondary N) is 1. The highest BCUT2D eigenvalue weighted by Gasteiger charge is 2.35. The number of β-amino-alcohol motifs (C(OH)–C–C–N with tert-alkyl or cyclic N) is 1. The third-order valence-electron chi connectivity index (χ3n) is 5.14. The number of nitriles is 1. The Morgan fingerprint density at radius 2 is 1.88 bits per heavy atom. The average molecular weight is 377 g/mol. The minimum atomic E-state index is -3.69. The molecule has 1 amide bonds. The lowest BCUT2D eigenvalue weighted by Crippen LogP contribution is -2.45. The van der Waals surface area contributed by atoms with Crippen molar-refractivity contribution in [2.45, 2.75) is 55.1 Å². The van der Waals surface area contributed by atoms with Gasteiger partial charge in [0.25, 0.3) is 5.91 Å². The molecule has 1 aromatic rings. The van der Waals surface area contributed by atoms with Gasteiger partial charge in [-0.25, -0.2) is 8.42 Å². The van der Waals surface area contributed by atoms with Crippen LogP contribution in [0, 0.1) is 11.3 Å². The minimum Gasteiger partial charge on any atom is -0.392 e. The Labute approximate surface area is 153 Å². The summed E-state index contributed by atoms with van der Waals surface area (Å²) in [6.45, 7) is 0.474. The van der Waals surface area contributed by atoms with Crippen LogP contribution in [0.15, 0.2) is 29.2 Å². The molecule has 0 unspecified atom stereocenters. The highest BCUT2D eigenvalue weighted by molar-refractivity contribution is 7.89. The highest BCUT2D eigenvalue weighted by atomic mass is 32.2. The first-order valence-corrected chi connectivity index (χ1v) is 10.3. The lowest BCUT2D eigenvalue weighted by Gasteiger charge is -2.29. The zero-order chi connectivity index (χ0) is 18.8. The molecule has 0 spiro atoms. The van der Waals surface area contributed by atoms with Gasteiger partial charge in [-0.1, -0.05) is 0 Å². The molecule has 140 valence electrons. The van der Waals surface area contributed by atoms with Crippen LogP contribution in [0.3, 0.4) is 0 Å². The van der Waals surface area contributed by atoms with Crippen molar-refractivity contribution in [2.24, 2.45) is 0 Å². The molecule has 1 atom stereocenters. The summed E-state index contributed by atoms with van der Waals surface area (Å²) in [5.41, 5.74) is -0.490. The zero-order valence-electron chi connectivity index (χ0n) is 14.5. The van der Waals surface area contributed by atoms with Crippen molar-refractivity contribution in [2.75, 3.05) is 13.1 Å². The lowest BCUT2D eigenvalue weighted by molar-refractivity contribution is 0.0920. The van der Waals surface area contributed by atoms with Gasteiger partial charge < -0.3 is 10.4 Å². The van der Waals surface area contributed by atoms with Crippen LogP contribution in [0.5, 0.6) is 0 Å². The fourth-order valence-electron chi connectivity index (χ4n) is 3.60. The van der Waals surface area contributed by atoms with Crippen molar-refractivity contribution in [1.29, 1.82) is 5.26 Å². The van der Waals surface area contributed by atoms with Gasteiger partial charge in [0, 0.05) is 18.7 Å². The SMILES string of the molecule is N#CC1(NC(=O)c2ccc(S(=O)(=O)N3CCC[C@H](O)C3)cc2)CCCC1. The van der Waals surface area contributed by atoms with Gasteiger partial charge in [0.15, 0.2) is 0 Å². The first-order valence-electron chi connectivity index (χ1n) is 8.88. The van der Waals surface area contributed by atoms with Gasteiger partial charge >= 0.3 is 0 Å². The van der Waals surface area contributed by atoms with E-state index in [0.717, 1.165) is 12.8 Å². The summed E-state index contributed by atoms with van der Waals surface area (Å²) < 4.78 is 26.6. The second-order valence-electron chi connectivity index (χ2n) is 7.04. The Hall–Kier alpha value is -1.95. The summed E-state index contributed by atoms with van der Waals surface area (Å²) in [4.78, 5) is 12.5. The molecule has 26 heavy (non-hydrogen) atoms. The summed E-state index contributed by atoms with van der Waals surface area (Å²) in [5, 5.41) is 21.9. The third kappa shape index (κ3) is 3.75. The number of piperidine rings is 1. The number of aliphatic hydroxyl groups excluding tert-OH is 1. The molecule has 1 aliphatic carbocycles. The number of carbonyl (C=O) groups is 1. The molecule has 2 fully saturated rings. The number of hydrogen-bond donors (Lipinski definition) is 2. The third-order valence-corrected chi connectivity index (χ3v) is 7.02. The van der Waals surface area contributed by atoms with Gasteiger partial charge in [0.1, 0.15) is 5.54 Å². The van der Waals surface area contributed by atoms with Crippen LogP contribution >= 0.6 is 0 Å². The molecule has 1 saturated heterocycles. The Bertz CT molecular complexity index is 808. The zero-order valence-corrected chi connectivity index (χ0v) is 15.3. The Morgan fingerprint density at radius 3 is 2.46 bits per heavy atom. The molecular formula is C18H23N3O4S. The minimum absolute atomic E-state index is 0.0925. The van der Waals surface area contributed by atoms with Gasteiger partial charge in [-0.3, -0.25) is 4.79 Å². The molecule has 2 aliphatic rings. The Morgan fingerprint density at radius 1 is 1.23 bits per heavy atom. The number of nitrogens with zero attached hydrogens (tertiary/aromatic N) is 2. The van der Waals surface area contributed by atoms with E-state index in [2.05, 4.69) is 11.4 Å². The summed E-state index contributed by atoms with van der Waals surface area (Å²) in [7, 11) is -3.69. The van der Waals surface area contributed by atoms with Gasteiger partial charge in [-0.2, -0.15) is 9.57 Å². The predicted octanol–water partition coefficient (Wildman–Crippen LogP) is 1.40. The molecule has 2 N–H and O–H groups in total. The van der Waals surface area contributed by atoms with Gasteiger partial charge in [-0.05, 0) is 62.8 Å². The topological polar surface area (TPSA) is 110 Å². The number of benzene rings is 1. The molecule has 1 saturated carbocycles. The van der Waals surface area contributed by atoms with Crippen LogP contribution in [0.4, 0.5) is 0 Å². The van der Waals surface area contributed by atoms with E-state index in [0.29, 0.717) is 37.8 Å². The Kier molecular flexibility index (Phi) is 5.32.